The van der Waals surface area contributed by atoms with Crippen molar-refractivity contribution in [2.24, 2.45) is 0 Å². The van der Waals surface area contributed by atoms with Gasteiger partial charge in [-0.2, -0.15) is 0 Å². The van der Waals surface area contributed by atoms with Crippen LogP contribution in [0.5, 0.6) is 0 Å². The number of hydrogen-bond acceptors (Lipinski definition) is 6. The summed E-state index contributed by atoms with van der Waals surface area (Å²) in [6.45, 7) is 2.45. The number of anilines is 1. The molecule has 0 unspecified atom stereocenters. The number of carboxylic acid groups (broad SMARTS) is 1. The second-order valence-corrected chi connectivity index (χ2v) is 5.23. The van der Waals surface area contributed by atoms with Crippen LogP contribution in [0.25, 0.3) is 0 Å². The molecule has 0 radical (unpaired) electrons. The van der Waals surface area contributed by atoms with E-state index in [2.05, 4.69) is 10.3 Å². The van der Waals surface area contributed by atoms with E-state index >= 15 is 0 Å². The molecule has 21 heavy (non-hydrogen) atoms. The molecule has 2 aromatic heterocycles. The highest BCUT2D eigenvalue weighted by Crippen LogP contribution is 2.25. The normalized spacial score (nSPS) is 10.3. The molecule has 0 spiro atoms. The Hall–Kier alpha value is -2.48. The van der Waals surface area contributed by atoms with Crippen molar-refractivity contribution in [3.8, 4) is 0 Å². The molecule has 2 aromatic rings. The van der Waals surface area contributed by atoms with Gasteiger partial charge in [0.25, 0.3) is 0 Å². The van der Waals surface area contributed by atoms with Gasteiger partial charge in [-0.1, -0.05) is 6.92 Å². The third-order valence-electron chi connectivity index (χ3n) is 2.95. The monoisotopic (exact) mass is 307 g/mol. The maximum absolute atomic E-state index is 11.0. The molecule has 2 heterocycles. The van der Waals surface area contributed by atoms with Crippen LogP contribution in [-0.4, -0.2) is 21.0 Å². The Morgan fingerprint density at radius 1 is 1.57 bits per heavy atom. The summed E-state index contributed by atoms with van der Waals surface area (Å²) >= 11 is 1.56. The average molecular weight is 307 g/mol. The highest BCUT2D eigenvalue weighted by molar-refractivity contribution is 7.10. The van der Waals surface area contributed by atoms with Gasteiger partial charge >= 0.3 is 11.7 Å². The van der Waals surface area contributed by atoms with E-state index in [9.17, 15) is 14.9 Å². The largest absolute Gasteiger partial charge is 0.478 e. The predicted octanol–water partition coefficient (Wildman–Crippen LogP) is 2.92. The summed E-state index contributed by atoms with van der Waals surface area (Å²) in [6.07, 6.45) is 1.99. The third-order valence-corrected chi connectivity index (χ3v) is 3.91. The van der Waals surface area contributed by atoms with Crippen LogP contribution in [-0.2, 0) is 13.0 Å². The molecule has 110 valence electrons. The number of pyridine rings is 1. The lowest BCUT2D eigenvalue weighted by Gasteiger charge is -2.07. The van der Waals surface area contributed by atoms with Gasteiger partial charge in [-0.05, 0) is 23.4 Å². The van der Waals surface area contributed by atoms with E-state index < -0.39 is 10.9 Å². The lowest BCUT2D eigenvalue weighted by atomic mass is 10.2. The van der Waals surface area contributed by atoms with E-state index in [1.807, 2.05) is 18.4 Å². The van der Waals surface area contributed by atoms with Gasteiger partial charge in [0.15, 0.2) is 0 Å². The highest BCUT2D eigenvalue weighted by atomic mass is 32.1. The van der Waals surface area contributed by atoms with Crippen LogP contribution in [0.15, 0.2) is 23.7 Å². The number of nitrogens with zero attached hydrogens (tertiary/aromatic N) is 2. The van der Waals surface area contributed by atoms with Crippen molar-refractivity contribution in [2.75, 3.05) is 5.32 Å². The topological polar surface area (TPSA) is 105 Å². The Morgan fingerprint density at radius 2 is 2.33 bits per heavy atom. The van der Waals surface area contributed by atoms with Crippen molar-refractivity contribution in [2.45, 2.75) is 19.9 Å². The van der Waals surface area contributed by atoms with E-state index in [0.717, 1.165) is 23.6 Å². The summed E-state index contributed by atoms with van der Waals surface area (Å²) in [5.41, 5.74) is 0.624. The van der Waals surface area contributed by atoms with Crippen LogP contribution in [0, 0.1) is 10.1 Å². The van der Waals surface area contributed by atoms with Crippen molar-refractivity contribution in [3.05, 3.63) is 49.8 Å². The van der Waals surface area contributed by atoms with E-state index in [1.165, 1.54) is 5.56 Å². The second-order valence-electron chi connectivity index (χ2n) is 4.23. The van der Waals surface area contributed by atoms with Gasteiger partial charge in [-0.3, -0.25) is 10.1 Å². The van der Waals surface area contributed by atoms with Gasteiger partial charge in [0.2, 0.25) is 5.82 Å². The number of rotatable bonds is 6. The summed E-state index contributed by atoms with van der Waals surface area (Å²) in [4.78, 5) is 26.1. The average Bonchev–Trinajstić information content (AvgIpc) is 2.92. The molecule has 0 aliphatic rings. The zero-order chi connectivity index (χ0) is 15.4. The van der Waals surface area contributed by atoms with Gasteiger partial charge in [-0.15, -0.1) is 11.3 Å². The lowest BCUT2D eigenvalue weighted by Crippen LogP contribution is -2.07. The van der Waals surface area contributed by atoms with Crippen molar-refractivity contribution in [1.82, 2.24) is 4.98 Å². The summed E-state index contributed by atoms with van der Waals surface area (Å²) in [7, 11) is 0. The van der Waals surface area contributed by atoms with Gasteiger partial charge in [-0.25, -0.2) is 9.78 Å². The lowest BCUT2D eigenvalue weighted by molar-refractivity contribution is -0.384. The number of nitrogens with one attached hydrogen (secondary N) is 1. The molecule has 0 saturated heterocycles. The molecule has 0 aromatic carbocycles. The van der Waals surface area contributed by atoms with Crippen LogP contribution in [0.1, 0.15) is 27.7 Å². The molecular weight excluding hydrogens is 294 g/mol. The Labute approximate surface area is 124 Å². The number of thiophene rings is 1. The van der Waals surface area contributed by atoms with Crippen molar-refractivity contribution in [3.63, 3.8) is 0 Å². The van der Waals surface area contributed by atoms with Gasteiger partial charge in [0.05, 0.1) is 17.0 Å². The fourth-order valence-corrected chi connectivity index (χ4v) is 2.76. The molecular formula is C13H13N3O4S. The number of carbonyl (C=O) groups is 1. The minimum Gasteiger partial charge on any atom is -0.478 e. The first-order chi connectivity index (χ1) is 10.0. The number of aromatic nitrogens is 1. The molecule has 0 fully saturated rings. The fourth-order valence-electron chi connectivity index (χ4n) is 1.85. The quantitative estimate of drug-likeness (QED) is 0.628. The molecule has 0 aliphatic heterocycles. The van der Waals surface area contributed by atoms with Crippen LogP contribution < -0.4 is 5.32 Å². The molecule has 8 heteroatoms. The maximum Gasteiger partial charge on any atom is 0.337 e. The fraction of sp³-hybridized carbons (Fsp3) is 0.231. The number of carboxylic acids is 1. The molecule has 0 saturated carbocycles. The Balaban J connectivity index is 2.23. The molecule has 2 rings (SSSR count). The Kier molecular flexibility index (Phi) is 4.49. The summed E-state index contributed by atoms with van der Waals surface area (Å²) < 4.78 is 0. The van der Waals surface area contributed by atoms with Crippen LogP contribution in [0.3, 0.4) is 0 Å². The summed E-state index contributed by atoms with van der Waals surface area (Å²) in [6, 6.07) is 3.02. The van der Waals surface area contributed by atoms with E-state index in [1.54, 1.807) is 11.3 Å². The smallest absolute Gasteiger partial charge is 0.337 e. The Morgan fingerprint density at radius 3 is 2.95 bits per heavy atom. The maximum atomic E-state index is 11.0. The standard InChI is InChI=1S/C13H13N3O4S/c1-2-8-3-4-21-11(8)7-15-12-10(16(19)20)5-9(6-14-12)13(17)18/h3-6H,2,7H2,1H3,(H,14,15)(H,17,18). The minimum absolute atomic E-state index is 0.0699. The molecule has 0 bridgehead atoms. The second kappa shape index (κ2) is 6.31. The SMILES string of the molecule is CCc1ccsc1CNc1ncc(C(=O)O)cc1[N+](=O)[O-]. The van der Waals surface area contributed by atoms with Crippen LogP contribution in [0.4, 0.5) is 11.5 Å². The molecule has 2 N–H and O–H groups in total. The van der Waals surface area contributed by atoms with Crippen molar-refractivity contribution < 1.29 is 14.8 Å². The zero-order valence-electron chi connectivity index (χ0n) is 11.2. The number of aromatic carboxylic acids is 1. The van der Waals surface area contributed by atoms with E-state index in [4.69, 9.17) is 5.11 Å². The first-order valence-corrected chi connectivity index (χ1v) is 7.07. The molecule has 0 atom stereocenters. The molecule has 0 aliphatic carbocycles. The summed E-state index contributed by atoms with van der Waals surface area (Å²) in [5.74, 6) is -1.18. The van der Waals surface area contributed by atoms with Gasteiger partial charge in [0, 0.05) is 17.1 Å². The Bertz CT molecular complexity index is 684. The van der Waals surface area contributed by atoms with Gasteiger partial charge in [0.1, 0.15) is 0 Å². The number of aryl methyl sites for hydroxylation is 1. The van der Waals surface area contributed by atoms with Crippen molar-refractivity contribution in [1.29, 1.82) is 0 Å². The summed E-state index contributed by atoms with van der Waals surface area (Å²) in [5, 5.41) is 24.7. The van der Waals surface area contributed by atoms with E-state index in [0.29, 0.717) is 6.54 Å². The number of hydrogen-bond donors (Lipinski definition) is 2. The molecule has 7 nitrogen and oxygen atoms in total. The highest BCUT2D eigenvalue weighted by Gasteiger charge is 2.19. The minimum atomic E-state index is -1.25. The van der Waals surface area contributed by atoms with Crippen molar-refractivity contribution >= 4 is 28.8 Å². The molecule has 0 amide bonds. The van der Waals surface area contributed by atoms with Crippen LogP contribution in [0.2, 0.25) is 0 Å². The predicted molar refractivity (Wildman–Crippen MR) is 78.9 cm³/mol. The van der Waals surface area contributed by atoms with E-state index in [-0.39, 0.29) is 17.1 Å². The van der Waals surface area contributed by atoms with Crippen LogP contribution >= 0.6 is 11.3 Å². The number of nitro groups is 1. The third kappa shape index (κ3) is 3.34. The van der Waals surface area contributed by atoms with Gasteiger partial charge < -0.3 is 10.4 Å². The first-order valence-electron chi connectivity index (χ1n) is 6.19. The first kappa shape index (κ1) is 14.9. The zero-order valence-corrected chi connectivity index (χ0v) is 12.0.